The summed E-state index contributed by atoms with van der Waals surface area (Å²) in [7, 11) is 0. The maximum Gasteiger partial charge on any atom is 0.225 e. The van der Waals surface area contributed by atoms with Crippen molar-refractivity contribution < 1.29 is 4.79 Å². The quantitative estimate of drug-likeness (QED) is 0.892. The lowest BCUT2D eigenvalue weighted by atomic mass is 10.1. The molecule has 0 radical (unpaired) electrons. The number of hydrogen-bond donors (Lipinski definition) is 2. The molecule has 1 atom stereocenters. The number of nitrogens with zero attached hydrogens (tertiary/aromatic N) is 1. The largest absolute Gasteiger partial charge is 0.326 e. The van der Waals surface area contributed by atoms with Gasteiger partial charge in [0.05, 0.1) is 0 Å². The summed E-state index contributed by atoms with van der Waals surface area (Å²) in [5.74, 6) is 0.0845. The van der Waals surface area contributed by atoms with Crippen LogP contribution in [-0.4, -0.2) is 23.5 Å². The van der Waals surface area contributed by atoms with Crippen molar-refractivity contribution in [3.63, 3.8) is 0 Å². The Labute approximate surface area is 131 Å². The van der Waals surface area contributed by atoms with Crippen LogP contribution in [0.3, 0.4) is 0 Å². The van der Waals surface area contributed by atoms with Gasteiger partial charge in [0.1, 0.15) is 0 Å². The van der Waals surface area contributed by atoms with E-state index in [4.69, 9.17) is 0 Å². The van der Waals surface area contributed by atoms with E-state index in [-0.39, 0.29) is 5.91 Å². The van der Waals surface area contributed by atoms with E-state index in [0.717, 1.165) is 25.1 Å². The van der Waals surface area contributed by atoms with Gasteiger partial charge in [0, 0.05) is 30.5 Å². The van der Waals surface area contributed by atoms with E-state index in [9.17, 15) is 4.79 Å². The first-order valence-electron chi connectivity index (χ1n) is 7.81. The summed E-state index contributed by atoms with van der Waals surface area (Å²) in [6, 6.07) is 12.4. The summed E-state index contributed by atoms with van der Waals surface area (Å²) in [5, 5.41) is 6.31. The van der Waals surface area contributed by atoms with Crippen molar-refractivity contribution in [1.29, 1.82) is 0 Å². The molecule has 2 heterocycles. The van der Waals surface area contributed by atoms with E-state index < -0.39 is 0 Å². The standard InChI is InChI=1S/C18H21N3O/c22-18(13-17-2-1-9-20-17)21-16-5-3-14(4-6-16)12-15-7-10-19-11-8-15/h3-8,10-11,17,20H,1-2,9,12-13H2,(H,21,22). The van der Waals surface area contributed by atoms with Crippen LogP contribution in [-0.2, 0) is 11.2 Å². The molecule has 1 amide bonds. The molecule has 22 heavy (non-hydrogen) atoms. The molecule has 1 aliphatic heterocycles. The van der Waals surface area contributed by atoms with Crippen LogP contribution in [0, 0.1) is 0 Å². The predicted molar refractivity (Wildman–Crippen MR) is 87.8 cm³/mol. The highest BCUT2D eigenvalue weighted by Gasteiger charge is 2.17. The molecule has 2 aromatic rings. The summed E-state index contributed by atoms with van der Waals surface area (Å²) in [6.07, 6.45) is 7.31. The SMILES string of the molecule is O=C(CC1CCCN1)Nc1ccc(Cc2ccncc2)cc1. The van der Waals surface area contributed by atoms with Crippen LogP contribution in [0.1, 0.15) is 30.4 Å². The van der Waals surface area contributed by atoms with E-state index in [1.165, 1.54) is 17.5 Å². The van der Waals surface area contributed by atoms with Crippen molar-refractivity contribution in [1.82, 2.24) is 10.3 Å². The summed E-state index contributed by atoms with van der Waals surface area (Å²) in [4.78, 5) is 16.0. The molecular weight excluding hydrogens is 274 g/mol. The third kappa shape index (κ3) is 4.15. The smallest absolute Gasteiger partial charge is 0.225 e. The minimum absolute atomic E-state index is 0.0845. The second kappa shape index (κ2) is 7.18. The Morgan fingerprint density at radius 1 is 1.14 bits per heavy atom. The molecule has 4 heteroatoms. The van der Waals surface area contributed by atoms with Gasteiger partial charge in [-0.1, -0.05) is 12.1 Å². The lowest BCUT2D eigenvalue weighted by Crippen LogP contribution is -2.27. The molecule has 1 unspecified atom stereocenters. The summed E-state index contributed by atoms with van der Waals surface area (Å²) < 4.78 is 0. The molecule has 1 fully saturated rings. The van der Waals surface area contributed by atoms with E-state index in [2.05, 4.69) is 27.8 Å². The molecule has 0 aliphatic carbocycles. The molecule has 0 spiro atoms. The Balaban J connectivity index is 1.53. The number of nitrogens with one attached hydrogen (secondary N) is 2. The number of carbonyl (C=O) groups excluding carboxylic acids is 1. The number of hydrogen-bond acceptors (Lipinski definition) is 3. The minimum atomic E-state index is 0.0845. The summed E-state index contributed by atoms with van der Waals surface area (Å²) in [5.41, 5.74) is 3.32. The van der Waals surface area contributed by atoms with E-state index >= 15 is 0 Å². The third-order valence-corrected chi connectivity index (χ3v) is 3.99. The van der Waals surface area contributed by atoms with Crippen LogP contribution in [0.15, 0.2) is 48.8 Å². The summed E-state index contributed by atoms with van der Waals surface area (Å²) in [6.45, 7) is 1.03. The lowest BCUT2D eigenvalue weighted by molar-refractivity contribution is -0.116. The number of amides is 1. The first-order chi connectivity index (χ1) is 10.8. The number of benzene rings is 1. The van der Waals surface area contributed by atoms with Crippen molar-refractivity contribution in [2.24, 2.45) is 0 Å². The second-order valence-electron chi connectivity index (χ2n) is 5.77. The highest BCUT2D eigenvalue weighted by molar-refractivity contribution is 5.91. The average Bonchev–Trinajstić information content (AvgIpc) is 3.03. The first-order valence-corrected chi connectivity index (χ1v) is 7.81. The van der Waals surface area contributed by atoms with Gasteiger partial charge < -0.3 is 10.6 Å². The number of aromatic nitrogens is 1. The zero-order valence-electron chi connectivity index (χ0n) is 12.6. The Morgan fingerprint density at radius 3 is 2.55 bits per heavy atom. The molecule has 3 rings (SSSR count). The molecule has 114 valence electrons. The van der Waals surface area contributed by atoms with Crippen molar-refractivity contribution in [2.75, 3.05) is 11.9 Å². The van der Waals surface area contributed by atoms with Crippen LogP contribution in [0.5, 0.6) is 0 Å². The molecular formula is C18H21N3O. The third-order valence-electron chi connectivity index (χ3n) is 3.99. The average molecular weight is 295 g/mol. The number of carbonyl (C=O) groups is 1. The van der Waals surface area contributed by atoms with Gasteiger partial charge >= 0.3 is 0 Å². The Bertz CT molecular complexity index is 604. The van der Waals surface area contributed by atoms with Crippen molar-refractivity contribution in [3.8, 4) is 0 Å². The number of pyridine rings is 1. The van der Waals surface area contributed by atoms with Crippen LogP contribution in [0.4, 0.5) is 5.69 Å². The normalized spacial score (nSPS) is 17.4. The van der Waals surface area contributed by atoms with Crippen LogP contribution >= 0.6 is 0 Å². The Kier molecular flexibility index (Phi) is 4.81. The second-order valence-corrected chi connectivity index (χ2v) is 5.77. The van der Waals surface area contributed by atoms with Crippen LogP contribution in [0.2, 0.25) is 0 Å². The highest BCUT2D eigenvalue weighted by Crippen LogP contribution is 2.15. The fourth-order valence-corrected chi connectivity index (χ4v) is 2.81. The van der Waals surface area contributed by atoms with Crippen molar-refractivity contribution in [2.45, 2.75) is 31.7 Å². The highest BCUT2D eigenvalue weighted by atomic mass is 16.1. The van der Waals surface area contributed by atoms with Gasteiger partial charge in [-0.3, -0.25) is 9.78 Å². The number of rotatable bonds is 5. The van der Waals surface area contributed by atoms with Gasteiger partial charge in [0.2, 0.25) is 5.91 Å². The van der Waals surface area contributed by atoms with Gasteiger partial charge in [-0.05, 0) is 61.2 Å². The van der Waals surface area contributed by atoms with E-state index in [1.54, 1.807) is 12.4 Å². The predicted octanol–water partition coefficient (Wildman–Crippen LogP) is 2.75. The van der Waals surface area contributed by atoms with E-state index in [0.29, 0.717) is 12.5 Å². The zero-order chi connectivity index (χ0) is 15.2. The van der Waals surface area contributed by atoms with Gasteiger partial charge in [-0.15, -0.1) is 0 Å². The van der Waals surface area contributed by atoms with Gasteiger partial charge in [-0.25, -0.2) is 0 Å². The molecule has 1 aromatic heterocycles. The molecule has 2 N–H and O–H groups in total. The van der Waals surface area contributed by atoms with Crippen LogP contribution < -0.4 is 10.6 Å². The minimum Gasteiger partial charge on any atom is -0.326 e. The lowest BCUT2D eigenvalue weighted by Gasteiger charge is -2.11. The zero-order valence-corrected chi connectivity index (χ0v) is 12.6. The number of anilines is 1. The Morgan fingerprint density at radius 2 is 1.86 bits per heavy atom. The van der Waals surface area contributed by atoms with Gasteiger partial charge in [-0.2, -0.15) is 0 Å². The van der Waals surface area contributed by atoms with Crippen molar-refractivity contribution >= 4 is 11.6 Å². The molecule has 0 saturated carbocycles. The van der Waals surface area contributed by atoms with Crippen LogP contribution in [0.25, 0.3) is 0 Å². The Hall–Kier alpha value is -2.20. The summed E-state index contributed by atoms with van der Waals surface area (Å²) >= 11 is 0. The maximum absolute atomic E-state index is 12.0. The maximum atomic E-state index is 12.0. The van der Waals surface area contributed by atoms with Gasteiger partial charge in [0.15, 0.2) is 0 Å². The van der Waals surface area contributed by atoms with E-state index in [1.807, 2.05) is 24.3 Å². The fraction of sp³-hybridized carbons (Fsp3) is 0.333. The molecule has 0 bridgehead atoms. The van der Waals surface area contributed by atoms with Crippen molar-refractivity contribution in [3.05, 3.63) is 59.9 Å². The van der Waals surface area contributed by atoms with Gasteiger partial charge in [0.25, 0.3) is 0 Å². The molecule has 1 aliphatic rings. The molecule has 1 saturated heterocycles. The molecule has 1 aromatic carbocycles. The fourth-order valence-electron chi connectivity index (χ4n) is 2.81. The first kappa shape index (κ1) is 14.7. The monoisotopic (exact) mass is 295 g/mol. The molecule has 4 nitrogen and oxygen atoms in total. The topological polar surface area (TPSA) is 54.0 Å².